The fraction of sp³-hybridized carbons (Fsp3) is 0.238. The third kappa shape index (κ3) is 3.65. The highest BCUT2D eigenvalue weighted by atomic mass is 16.4. The van der Waals surface area contributed by atoms with Crippen LogP contribution in [0.3, 0.4) is 0 Å². The minimum atomic E-state index is -0.775. The Hall–Kier alpha value is -3.28. The molecular weight excluding hydrogens is 340 g/mol. The number of aryl methyl sites for hydroxylation is 1. The lowest BCUT2D eigenvalue weighted by atomic mass is 9.96. The number of nitrogens with zero attached hydrogens (tertiary/aromatic N) is 3. The van der Waals surface area contributed by atoms with Gasteiger partial charge in [-0.2, -0.15) is 0 Å². The lowest BCUT2D eigenvalue weighted by Gasteiger charge is -2.11. The lowest BCUT2D eigenvalue weighted by molar-refractivity contribution is -0.119. The largest absolute Gasteiger partial charge is 0.408 e. The first-order valence-corrected chi connectivity index (χ1v) is 9.07. The van der Waals surface area contributed by atoms with Gasteiger partial charge in [0.05, 0.1) is 5.71 Å². The average molecular weight is 360 g/mol. The molecule has 27 heavy (non-hydrogen) atoms. The molecule has 0 bridgehead atoms. The Morgan fingerprint density at radius 3 is 2.67 bits per heavy atom. The Labute approximate surface area is 157 Å². The zero-order chi connectivity index (χ0) is 18.6. The van der Waals surface area contributed by atoms with E-state index in [1.807, 2.05) is 61.5 Å². The Kier molecular flexibility index (Phi) is 4.78. The molecule has 2 aromatic carbocycles. The van der Waals surface area contributed by atoms with Crippen molar-refractivity contribution in [2.75, 3.05) is 5.32 Å². The second-order valence-corrected chi connectivity index (χ2v) is 6.44. The number of anilines is 1. The third-order valence-corrected chi connectivity index (χ3v) is 4.44. The van der Waals surface area contributed by atoms with Crippen molar-refractivity contribution in [3.63, 3.8) is 0 Å². The maximum absolute atomic E-state index is 12.8. The number of aromatic nitrogens is 2. The number of carbonyl (C=O) groups excluding carboxylic acids is 1. The van der Waals surface area contributed by atoms with Gasteiger partial charge in [0.15, 0.2) is 11.9 Å². The summed E-state index contributed by atoms with van der Waals surface area (Å²) in [6.07, 6.45) is 1.14. The van der Waals surface area contributed by atoms with Gasteiger partial charge < -0.3 is 9.73 Å². The summed E-state index contributed by atoms with van der Waals surface area (Å²) in [5.74, 6) is 0.514. The molecule has 136 valence electrons. The van der Waals surface area contributed by atoms with E-state index in [0.29, 0.717) is 18.7 Å². The van der Waals surface area contributed by atoms with E-state index in [-0.39, 0.29) is 11.8 Å². The summed E-state index contributed by atoms with van der Waals surface area (Å²) in [5.41, 5.74) is 3.68. The fourth-order valence-corrected chi connectivity index (χ4v) is 3.14. The number of Topliss-reactive ketones (excluding diaryl/α,β-unsaturated/α-hetero) is 1. The predicted molar refractivity (Wildman–Crippen MR) is 103 cm³/mol. The van der Waals surface area contributed by atoms with Crippen LogP contribution in [0.1, 0.15) is 35.9 Å². The molecule has 1 unspecified atom stereocenters. The zero-order valence-corrected chi connectivity index (χ0v) is 15.1. The first-order valence-electron chi connectivity index (χ1n) is 9.07. The van der Waals surface area contributed by atoms with Gasteiger partial charge in [-0.1, -0.05) is 66.6 Å². The van der Waals surface area contributed by atoms with Gasteiger partial charge >= 0.3 is 6.01 Å². The van der Waals surface area contributed by atoms with Crippen LogP contribution in [0, 0.1) is 0 Å². The van der Waals surface area contributed by atoms with Gasteiger partial charge in [0.25, 0.3) is 0 Å². The van der Waals surface area contributed by atoms with Gasteiger partial charge in [-0.3, -0.25) is 9.79 Å². The molecule has 0 radical (unpaired) electrons. The zero-order valence-electron chi connectivity index (χ0n) is 15.1. The van der Waals surface area contributed by atoms with Crippen molar-refractivity contribution in [1.29, 1.82) is 0 Å². The molecule has 1 aromatic heterocycles. The molecule has 0 fully saturated rings. The van der Waals surface area contributed by atoms with Crippen LogP contribution in [0.15, 0.2) is 64.0 Å². The number of hydrogen-bond donors (Lipinski definition) is 1. The van der Waals surface area contributed by atoms with Gasteiger partial charge in [-0.05, 0) is 12.0 Å². The van der Waals surface area contributed by atoms with Crippen LogP contribution >= 0.6 is 0 Å². The highest BCUT2D eigenvalue weighted by molar-refractivity contribution is 6.16. The number of carbonyl (C=O) groups is 1. The van der Waals surface area contributed by atoms with E-state index < -0.39 is 6.17 Å². The van der Waals surface area contributed by atoms with E-state index in [1.54, 1.807) is 0 Å². The molecule has 6 nitrogen and oxygen atoms in total. The Morgan fingerprint density at radius 2 is 1.85 bits per heavy atom. The molecule has 1 aliphatic rings. The van der Waals surface area contributed by atoms with Gasteiger partial charge in [0, 0.05) is 24.0 Å². The van der Waals surface area contributed by atoms with E-state index in [1.165, 1.54) is 0 Å². The first kappa shape index (κ1) is 17.1. The SMILES string of the molecule is CCCc1nnc(NC2N=C(c3ccccc3)c3ccccc3CC2=O)o1. The number of ketones is 1. The number of aliphatic imine (C=N–C) groups is 1. The highest BCUT2D eigenvalue weighted by Crippen LogP contribution is 2.22. The smallest absolute Gasteiger partial charge is 0.317 e. The monoisotopic (exact) mass is 360 g/mol. The van der Waals surface area contributed by atoms with Gasteiger partial charge in [0.2, 0.25) is 5.89 Å². The molecule has 2 heterocycles. The second kappa shape index (κ2) is 7.53. The normalized spacial score (nSPS) is 16.4. The first-order chi connectivity index (χ1) is 13.2. The van der Waals surface area contributed by atoms with E-state index in [0.717, 1.165) is 28.8 Å². The molecule has 3 aromatic rings. The molecule has 4 rings (SSSR count). The van der Waals surface area contributed by atoms with Crippen LogP contribution in [0.5, 0.6) is 0 Å². The number of benzene rings is 2. The van der Waals surface area contributed by atoms with Crippen LogP contribution in [-0.2, 0) is 17.6 Å². The molecule has 1 aliphatic heterocycles. The van der Waals surface area contributed by atoms with E-state index in [9.17, 15) is 4.79 Å². The molecule has 0 aliphatic carbocycles. The van der Waals surface area contributed by atoms with Crippen LogP contribution in [0.4, 0.5) is 6.01 Å². The van der Waals surface area contributed by atoms with Gasteiger partial charge in [0.1, 0.15) is 0 Å². The minimum Gasteiger partial charge on any atom is -0.408 e. The van der Waals surface area contributed by atoms with Crippen molar-refractivity contribution in [2.24, 2.45) is 4.99 Å². The summed E-state index contributed by atoms with van der Waals surface area (Å²) in [7, 11) is 0. The summed E-state index contributed by atoms with van der Waals surface area (Å²) in [6.45, 7) is 2.04. The quantitative estimate of drug-likeness (QED) is 0.754. The maximum Gasteiger partial charge on any atom is 0.317 e. The van der Waals surface area contributed by atoms with E-state index in [4.69, 9.17) is 9.41 Å². The fourth-order valence-electron chi connectivity index (χ4n) is 3.14. The van der Waals surface area contributed by atoms with Gasteiger partial charge in [-0.15, -0.1) is 5.10 Å². The predicted octanol–water partition coefficient (Wildman–Crippen LogP) is 3.42. The second-order valence-electron chi connectivity index (χ2n) is 6.44. The molecule has 0 spiro atoms. The summed E-state index contributed by atoms with van der Waals surface area (Å²) in [6, 6.07) is 18.0. The average Bonchev–Trinajstić information content (AvgIpc) is 3.08. The molecule has 1 atom stereocenters. The maximum atomic E-state index is 12.8. The van der Waals surface area contributed by atoms with Crippen LogP contribution in [0.2, 0.25) is 0 Å². The Bertz CT molecular complexity index is 979. The summed E-state index contributed by atoms with van der Waals surface area (Å²) < 4.78 is 5.58. The van der Waals surface area contributed by atoms with Gasteiger partial charge in [-0.25, -0.2) is 0 Å². The lowest BCUT2D eigenvalue weighted by Crippen LogP contribution is -2.29. The number of hydrogen-bond acceptors (Lipinski definition) is 6. The van der Waals surface area contributed by atoms with E-state index in [2.05, 4.69) is 15.5 Å². The van der Waals surface area contributed by atoms with Crippen LogP contribution < -0.4 is 5.32 Å². The van der Waals surface area contributed by atoms with Crippen molar-refractivity contribution in [2.45, 2.75) is 32.4 Å². The standard InChI is InChI=1S/C21H20N4O2/c1-2-8-18-24-25-21(27-18)23-20-17(26)13-15-11-6-7-12-16(15)19(22-20)14-9-4-3-5-10-14/h3-7,9-12,20H,2,8,13H2,1H3,(H,23,25). The molecule has 0 saturated carbocycles. The van der Waals surface area contributed by atoms with Crippen molar-refractivity contribution >= 4 is 17.5 Å². The summed E-state index contributed by atoms with van der Waals surface area (Å²) in [5, 5.41) is 11.0. The summed E-state index contributed by atoms with van der Waals surface area (Å²) in [4.78, 5) is 17.6. The number of rotatable bonds is 5. The van der Waals surface area contributed by atoms with Crippen LogP contribution in [0.25, 0.3) is 0 Å². The molecular formula is C21H20N4O2. The molecule has 6 heteroatoms. The van der Waals surface area contributed by atoms with E-state index >= 15 is 0 Å². The molecule has 0 amide bonds. The van der Waals surface area contributed by atoms with Crippen molar-refractivity contribution in [3.05, 3.63) is 77.2 Å². The van der Waals surface area contributed by atoms with Crippen molar-refractivity contribution < 1.29 is 9.21 Å². The number of nitrogens with one attached hydrogen (secondary N) is 1. The van der Waals surface area contributed by atoms with Crippen molar-refractivity contribution in [1.82, 2.24) is 10.2 Å². The Morgan fingerprint density at radius 1 is 1.07 bits per heavy atom. The highest BCUT2D eigenvalue weighted by Gasteiger charge is 2.27. The molecule has 0 saturated heterocycles. The van der Waals surface area contributed by atoms with Crippen LogP contribution in [-0.4, -0.2) is 27.9 Å². The molecule has 1 N–H and O–H groups in total. The number of fused-ring (bicyclic) bond motifs is 1. The topological polar surface area (TPSA) is 80.4 Å². The van der Waals surface area contributed by atoms with Crippen molar-refractivity contribution in [3.8, 4) is 0 Å². The minimum absolute atomic E-state index is 0.0383. The summed E-state index contributed by atoms with van der Waals surface area (Å²) >= 11 is 0. The third-order valence-electron chi connectivity index (χ3n) is 4.44. The Balaban J connectivity index is 1.72.